The van der Waals surface area contributed by atoms with Crippen molar-refractivity contribution < 1.29 is 0 Å². The molecule has 1 heteroatoms. The molecule has 0 spiro atoms. The molecule has 0 aromatic heterocycles. The molecule has 0 aromatic rings. The Morgan fingerprint density at radius 2 is 1.53 bits per heavy atom. The maximum Gasteiger partial charge on any atom is 0.00216 e. The van der Waals surface area contributed by atoms with Gasteiger partial charge in [-0.25, -0.2) is 0 Å². The molecular formula is C16H33N. The van der Waals surface area contributed by atoms with Crippen molar-refractivity contribution in [3.63, 3.8) is 0 Å². The first-order valence-electron chi connectivity index (χ1n) is 7.96. The van der Waals surface area contributed by atoms with Crippen molar-refractivity contribution in [3.8, 4) is 0 Å². The highest BCUT2D eigenvalue weighted by Crippen LogP contribution is 2.30. The van der Waals surface area contributed by atoms with Crippen molar-refractivity contribution in [2.45, 2.75) is 71.6 Å². The zero-order valence-electron chi connectivity index (χ0n) is 12.4. The van der Waals surface area contributed by atoms with Crippen molar-refractivity contribution in [1.29, 1.82) is 0 Å². The van der Waals surface area contributed by atoms with E-state index in [2.05, 4.69) is 25.8 Å². The molecular weight excluding hydrogens is 206 g/mol. The predicted molar refractivity (Wildman–Crippen MR) is 77.4 cm³/mol. The fourth-order valence-electron chi connectivity index (χ4n) is 3.22. The molecule has 0 aromatic carbocycles. The summed E-state index contributed by atoms with van der Waals surface area (Å²) in [5.74, 6) is 2.05. The third-order valence-corrected chi connectivity index (χ3v) is 4.35. The first-order chi connectivity index (χ1) is 8.27. The van der Waals surface area contributed by atoms with Crippen LogP contribution in [-0.2, 0) is 0 Å². The average molecular weight is 239 g/mol. The molecule has 0 bridgehead atoms. The van der Waals surface area contributed by atoms with Gasteiger partial charge in [-0.2, -0.15) is 0 Å². The smallest absolute Gasteiger partial charge is 0.00216 e. The maximum absolute atomic E-state index is 2.47. The number of rotatable bonds is 10. The Balaban J connectivity index is 2.04. The standard InChI is InChI=1S/C16H33N/c1-4-6-7-8-9-10-12-15(11-5-2)16-13-17(3)14-16/h15-16H,4-14H2,1-3H3. The van der Waals surface area contributed by atoms with E-state index in [4.69, 9.17) is 0 Å². The zero-order valence-corrected chi connectivity index (χ0v) is 12.4. The first kappa shape index (κ1) is 15.0. The Hall–Kier alpha value is -0.0400. The molecule has 0 saturated carbocycles. The SMILES string of the molecule is CCCCCCCCC(CCC)C1CN(C)C1. The molecule has 102 valence electrons. The quantitative estimate of drug-likeness (QED) is 0.499. The van der Waals surface area contributed by atoms with Crippen LogP contribution in [0.25, 0.3) is 0 Å². The van der Waals surface area contributed by atoms with Gasteiger partial charge in [0, 0.05) is 13.1 Å². The first-order valence-corrected chi connectivity index (χ1v) is 7.96. The minimum absolute atomic E-state index is 1.02. The van der Waals surface area contributed by atoms with E-state index in [-0.39, 0.29) is 0 Å². The summed E-state index contributed by atoms with van der Waals surface area (Å²) in [6, 6.07) is 0. The van der Waals surface area contributed by atoms with Crippen LogP contribution < -0.4 is 0 Å². The number of nitrogens with zero attached hydrogens (tertiary/aromatic N) is 1. The van der Waals surface area contributed by atoms with Gasteiger partial charge >= 0.3 is 0 Å². The van der Waals surface area contributed by atoms with Crippen LogP contribution in [0.2, 0.25) is 0 Å². The fraction of sp³-hybridized carbons (Fsp3) is 1.00. The molecule has 0 N–H and O–H groups in total. The summed E-state index contributed by atoms with van der Waals surface area (Å²) in [4.78, 5) is 2.47. The molecule has 1 aliphatic rings. The molecule has 0 aliphatic carbocycles. The predicted octanol–water partition coefficient (Wildman–Crippen LogP) is 4.71. The van der Waals surface area contributed by atoms with E-state index < -0.39 is 0 Å². The summed E-state index contributed by atoms with van der Waals surface area (Å²) in [7, 11) is 2.25. The van der Waals surface area contributed by atoms with Crippen molar-refractivity contribution in [1.82, 2.24) is 4.90 Å². The molecule has 1 nitrogen and oxygen atoms in total. The average Bonchev–Trinajstić information content (AvgIpc) is 2.28. The second kappa shape index (κ2) is 8.97. The van der Waals surface area contributed by atoms with Crippen molar-refractivity contribution in [3.05, 3.63) is 0 Å². The van der Waals surface area contributed by atoms with Crippen LogP contribution in [0.15, 0.2) is 0 Å². The van der Waals surface area contributed by atoms with Crippen LogP contribution in [0.5, 0.6) is 0 Å². The van der Waals surface area contributed by atoms with E-state index in [1.165, 1.54) is 70.9 Å². The summed E-state index contributed by atoms with van der Waals surface area (Å²) in [6.07, 6.45) is 13.0. The number of hydrogen-bond acceptors (Lipinski definition) is 1. The molecule has 1 fully saturated rings. The van der Waals surface area contributed by atoms with Crippen LogP contribution in [0.4, 0.5) is 0 Å². The maximum atomic E-state index is 2.47. The lowest BCUT2D eigenvalue weighted by Crippen LogP contribution is -2.47. The summed E-state index contributed by atoms with van der Waals surface area (Å²) < 4.78 is 0. The van der Waals surface area contributed by atoms with Gasteiger partial charge in [-0.15, -0.1) is 0 Å². The summed E-state index contributed by atoms with van der Waals surface area (Å²) in [6.45, 7) is 7.36. The summed E-state index contributed by atoms with van der Waals surface area (Å²) in [5.41, 5.74) is 0. The van der Waals surface area contributed by atoms with Crippen LogP contribution in [0, 0.1) is 11.8 Å². The third kappa shape index (κ3) is 5.90. The van der Waals surface area contributed by atoms with E-state index >= 15 is 0 Å². The Morgan fingerprint density at radius 3 is 2.12 bits per heavy atom. The van der Waals surface area contributed by atoms with Crippen molar-refractivity contribution in [2.75, 3.05) is 20.1 Å². The highest BCUT2D eigenvalue weighted by atomic mass is 15.2. The molecule has 17 heavy (non-hydrogen) atoms. The number of hydrogen-bond donors (Lipinski definition) is 0. The second-order valence-electron chi connectivity index (χ2n) is 6.09. The van der Waals surface area contributed by atoms with Gasteiger partial charge in [0.25, 0.3) is 0 Å². The molecule has 1 saturated heterocycles. The lowest BCUT2D eigenvalue weighted by atomic mass is 9.80. The lowest BCUT2D eigenvalue weighted by molar-refractivity contribution is 0.0730. The lowest BCUT2D eigenvalue weighted by Gasteiger charge is -2.41. The van der Waals surface area contributed by atoms with Crippen LogP contribution in [-0.4, -0.2) is 25.0 Å². The van der Waals surface area contributed by atoms with Crippen LogP contribution in [0.3, 0.4) is 0 Å². The minimum Gasteiger partial charge on any atom is -0.306 e. The van der Waals surface area contributed by atoms with Crippen molar-refractivity contribution in [2.24, 2.45) is 11.8 Å². The van der Waals surface area contributed by atoms with Gasteiger partial charge in [-0.3, -0.25) is 0 Å². The third-order valence-electron chi connectivity index (χ3n) is 4.35. The van der Waals surface area contributed by atoms with Gasteiger partial charge in [0.1, 0.15) is 0 Å². The van der Waals surface area contributed by atoms with Gasteiger partial charge in [0.05, 0.1) is 0 Å². The second-order valence-corrected chi connectivity index (χ2v) is 6.09. The van der Waals surface area contributed by atoms with E-state index in [9.17, 15) is 0 Å². The zero-order chi connectivity index (χ0) is 12.5. The van der Waals surface area contributed by atoms with Crippen LogP contribution >= 0.6 is 0 Å². The normalized spacial score (nSPS) is 19.2. The Labute approximate surface area is 109 Å². The Bertz CT molecular complexity index is 172. The Morgan fingerprint density at radius 1 is 0.882 bits per heavy atom. The van der Waals surface area contributed by atoms with E-state index in [1.807, 2.05) is 0 Å². The number of unbranched alkanes of at least 4 members (excludes halogenated alkanes) is 5. The Kier molecular flexibility index (Phi) is 7.92. The fourth-order valence-corrected chi connectivity index (χ4v) is 3.22. The topological polar surface area (TPSA) is 3.24 Å². The van der Waals surface area contributed by atoms with Crippen molar-refractivity contribution >= 4 is 0 Å². The monoisotopic (exact) mass is 239 g/mol. The van der Waals surface area contributed by atoms with Crippen LogP contribution in [0.1, 0.15) is 71.6 Å². The summed E-state index contributed by atoms with van der Waals surface area (Å²) >= 11 is 0. The molecule has 1 rings (SSSR count). The van der Waals surface area contributed by atoms with E-state index in [1.54, 1.807) is 0 Å². The highest BCUT2D eigenvalue weighted by molar-refractivity contribution is 4.82. The molecule has 1 atom stereocenters. The number of likely N-dealkylation sites (tertiary alicyclic amines) is 1. The van der Waals surface area contributed by atoms with E-state index in [0.29, 0.717) is 0 Å². The highest BCUT2D eigenvalue weighted by Gasteiger charge is 2.29. The molecule has 0 radical (unpaired) electrons. The van der Waals surface area contributed by atoms with Gasteiger partial charge in [-0.05, 0) is 18.9 Å². The largest absolute Gasteiger partial charge is 0.306 e. The van der Waals surface area contributed by atoms with Gasteiger partial charge in [-0.1, -0.05) is 71.6 Å². The molecule has 1 aliphatic heterocycles. The molecule has 1 unspecified atom stereocenters. The van der Waals surface area contributed by atoms with Gasteiger partial charge in [0.15, 0.2) is 0 Å². The van der Waals surface area contributed by atoms with E-state index in [0.717, 1.165) is 11.8 Å². The van der Waals surface area contributed by atoms with Gasteiger partial charge < -0.3 is 4.90 Å². The molecule has 1 heterocycles. The minimum atomic E-state index is 1.02. The summed E-state index contributed by atoms with van der Waals surface area (Å²) in [5, 5.41) is 0. The molecule has 0 amide bonds. The van der Waals surface area contributed by atoms with Gasteiger partial charge in [0.2, 0.25) is 0 Å².